The second-order valence-electron chi connectivity index (χ2n) is 17.5. The maximum absolute atomic E-state index is 13.8. The Labute approximate surface area is 400 Å². The summed E-state index contributed by atoms with van der Waals surface area (Å²) in [6, 6.07) is -1.37. The van der Waals surface area contributed by atoms with Crippen LogP contribution in [0.25, 0.3) is 0 Å². The summed E-state index contributed by atoms with van der Waals surface area (Å²) in [5.41, 5.74) is 17.8. The number of aliphatic carboxylic acids is 2. The van der Waals surface area contributed by atoms with E-state index in [0.29, 0.717) is 6.42 Å². The number of nitrogens with zero attached hydrogens (tertiary/aromatic N) is 2. The van der Waals surface area contributed by atoms with Crippen molar-refractivity contribution in [3.05, 3.63) is 35.9 Å². The van der Waals surface area contributed by atoms with E-state index in [4.69, 9.17) is 17.2 Å². The number of guanidine groups is 1. The van der Waals surface area contributed by atoms with Gasteiger partial charge in [-0.15, -0.1) is 0 Å². The molecule has 0 spiro atoms. The van der Waals surface area contributed by atoms with E-state index < -0.39 is 139 Å². The Morgan fingerprint density at radius 3 is 1.96 bits per heavy atom. The van der Waals surface area contributed by atoms with Gasteiger partial charge >= 0.3 is 11.9 Å². The van der Waals surface area contributed by atoms with Crippen LogP contribution in [0.3, 0.4) is 0 Å². The third kappa shape index (κ3) is 20.5. The topological polar surface area (TPSA) is 409 Å². The zero-order valence-corrected chi connectivity index (χ0v) is 39.7. The van der Waals surface area contributed by atoms with Crippen LogP contribution in [0.15, 0.2) is 35.3 Å². The molecule has 0 saturated carbocycles. The van der Waals surface area contributed by atoms with Crippen LogP contribution < -0.4 is 54.4 Å². The van der Waals surface area contributed by atoms with Gasteiger partial charge in [-0.3, -0.25) is 48.1 Å². The van der Waals surface area contributed by atoms with Crippen LogP contribution in [0.4, 0.5) is 0 Å². The predicted molar refractivity (Wildman–Crippen MR) is 249 cm³/mol. The summed E-state index contributed by atoms with van der Waals surface area (Å²) in [7, 11) is 0. The van der Waals surface area contributed by atoms with Crippen molar-refractivity contribution in [3.8, 4) is 0 Å². The van der Waals surface area contributed by atoms with Crippen molar-refractivity contribution in [2.75, 3.05) is 26.2 Å². The van der Waals surface area contributed by atoms with E-state index >= 15 is 0 Å². The number of likely N-dealkylation sites (tertiary alicyclic amines) is 1. The smallest absolute Gasteiger partial charge is 0.326 e. The monoisotopic (exact) mass is 975 g/mol. The Kier molecular flexibility index (Phi) is 24.6. The SMILES string of the molecule is CC(C)C[C@H](NC(=O)[C@@H](N)Cc1ccccc1)C(=O)NCC(=O)N[C@@H](CCCN=C(N)N)C(=O)N[C@@H](CO)C(=O)N[C@@H](C)C(=O)N[C@@H](CCC(=O)O)C(=O)N1CCC[C@H]1C(=O)N[C@H](C(=O)O)C(C)C. The van der Waals surface area contributed by atoms with Crippen LogP contribution >= 0.6 is 0 Å². The number of rotatable bonds is 29. The van der Waals surface area contributed by atoms with Crippen molar-refractivity contribution >= 4 is 65.2 Å². The number of carboxylic acids is 2. The summed E-state index contributed by atoms with van der Waals surface area (Å²) in [5, 5.41) is 46.1. The minimum Gasteiger partial charge on any atom is -0.481 e. The van der Waals surface area contributed by atoms with Crippen LogP contribution in [0.1, 0.15) is 85.1 Å². The Morgan fingerprint density at radius 1 is 0.754 bits per heavy atom. The molecule has 1 aromatic rings. The van der Waals surface area contributed by atoms with E-state index in [0.717, 1.165) is 10.5 Å². The van der Waals surface area contributed by atoms with Gasteiger partial charge in [0.05, 0.1) is 19.2 Å². The molecule has 0 radical (unpaired) electrons. The molecule has 1 saturated heterocycles. The van der Waals surface area contributed by atoms with Crippen molar-refractivity contribution in [2.24, 2.45) is 34.0 Å². The van der Waals surface area contributed by atoms with Crippen molar-refractivity contribution in [3.63, 3.8) is 0 Å². The number of hydrogen-bond acceptors (Lipinski definition) is 13. The van der Waals surface area contributed by atoms with Crippen LogP contribution in [-0.2, 0) is 54.4 Å². The van der Waals surface area contributed by atoms with Gasteiger partial charge in [0.2, 0.25) is 47.3 Å². The molecule has 2 rings (SSSR count). The Balaban J connectivity index is 2.14. The lowest BCUT2D eigenvalue weighted by molar-refractivity contribution is -0.146. The fourth-order valence-corrected chi connectivity index (χ4v) is 7.18. The number of benzene rings is 1. The number of carboxylic acid groups (broad SMARTS) is 2. The van der Waals surface area contributed by atoms with Crippen molar-refractivity contribution in [2.45, 2.75) is 134 Å². The first-order valence-electron chi connectivity index (χ1n) is 22.7. The molecule has 25 nitrogen and oxygen atoms in total. The summed E-state index contributed by atoms with van der Waals surface area (Å²) >= 11 is 0. The molecule has 0 unspecified atom stereocenters. The maximum atomic E-state index is 13.8. The van der Waals surface area contributed by atoms with E-state index in [1.165, 1.54) is 6.92 Å². The predicted octanol–water partition coefficient (Wildman–Crippen LogP) is -3.71. The molecular formula is C44H70N12O13. The molecule has 25 heteroatoms. The average molecular weight is 975 g/mol. The molecule has 1 fully saturated rings. The lowest BCUT2D eigenvalue weighted by atomic mass is 10.0. The minimum atomic E-state index is -1.70. The van der Waals surface area contributed by atoms with Crippen molar-refractivity contribution < 1.29 is 63.3 Å². The number of amides is 8. The van der Waals surface area contributed by atoms with Crippen molar-refractivity contribution in [1.29, 1.82) is 0 Å². The number of nitrogens with two attached hydrogens (primary N) is 3. The van der Waals surface area contributed by atoms with Gasteiger partial charge in [-0.2, -0.15) is 0 Å². The van der Waals surface area contributed by atoms with E-state index in [1.807, 2.05) is 32.0 Å². The van der Waals surface area contributed by atoms with Gasteiger partial charge in [0.25, 0.3) is 0 Å². The Hall–Kier alpha value is -6.89. The van der Waals surface area contributed by atoms with Gasteiger partial charge in [-0.05, 0) is 69.3 Å². The molecule has 1 heterocycles. The number of carbonyl (C=O) groups excluding carboxylic acids is 8. The van der Waals surface area contributed by atoms with Crippen LogP contribution in [0, 0.1) is 11.8 Å². The first kappa shape index (κ1) is 58.2. The average Bonchev–Trinajstić information content (AvgIpc) is 3.78. The summed E-state index contributed by atoms with van der Waals surface area (Å²) in [5.74, 6) is -10.0. The molecule has 0 aliphatic carbocycles. The fourth-order valence-electron chi connectivity index (χ4n) is 7.18. The summed E-state index contributed by atoms with van der Waals surface area (Å²) in [4.78, 5) is 135. The third-order valence-electron chi connectivity index (χ3n) is 10.9. The molecule has 16 N–H and O–H groups in total. The third-order valence-corrected chi connectivity index (χ3v) is 10.9. The van der Waals surface area contributed by atoms with Crippen LogP contribution in [0.2, 0.25) is 0 Å². The number of aliphatic imine (C=N–C) groups is 1. The highest BCUT2D eigenvalue weighted by molar-refractivity contribution is 5.97. The zero-order chi connectivity index (χ0) is 52.0. The Bertz CT molecular complexity index is 1980. The second kappa shape index (κ2) is 29.1. The zero-order valence-electron chi connectivity index (χ0n) is 39.7. The molecule has 1 aromatic carbocycles. The first-order chi connectivity index (χ1) is 32.4. The number of nitrogens with one attached hydrogen (secondary N) is 7. The summed E-state index contributed by atoms with van der Waals surface area (Å²) in [6.07, 6.45) is -0.0135. The van der Waals surface area contributed by atoms with E-state index in [-0.39, 0.29) is 57.1 Å². The molecule has 1 aliphatic heterocycles. The molecule has 69 heavy (non-hydrogen) atoms. The molecule has 8 amide bonds. The van der Waals surface area contributed by atoms with Gasteiger partial charge in [0, 0.05) is 19.5 Å². The van der Waals surface area contributed by atoms with Gasteiger partial charge in [-0.25, -0.2) is 4.79 Å². The highest BCUT2D eigenvalue weighted by Crippen LogP contribution is 2.21. The normalized spacial score (nSPS) is 16.3. The Morgan fingerprint density at radius 2 is 1.38 bits per heavy atom. The number of carbonyl (C=O) groups is 10. The van der Waals surface area contributed by atoms with Crippen molar-refractivity contribution in [1.82, 2.24) is 42.1 Å². The molecule has 1 aliphatic rings. The first-order valence-corrected chi connectivity index (χ1v) is 22.7. The molecule has 0 aromatic heterocycles. The minimum absolute atomic E-state index is 0.0309. The van der Waals surface area contributed by atoms with Gasteiger partial charge in [0.15, 0.2) is 5.96 Å². The lowest BCUT2D eigenvalue weighted by Crippen LogP contribution is -2.59. The van der Waals surface area contributed by atoms with E-state index in [1.54, 1.807) is 26.0 Å². The molecular weight excluding hydrogens is 905 g/mol. The summed E-state index contributed by atoms with van der Waals surface area (Å²) < 4.78 is 0. The highest BCUT2D eigenvalue weighted by atomic mass is 16.4. The van der Waals surface area contributed by atoms with E-state index in [2.05, 4.69) is 42.2 Å². The van der Waals surface area contributed by atoms with Crippen LogP contribution in [0.5, 0.6) is 0 Å². The van der Waals surface area contributed by atoms with Crippen LogP contribution in [-0.4, -0.2) is 160 Å². The largest absolute Gasteiger partial charge is 0.481 e. The van der Waals surface area contributed by atoms with Gasteiger partial charge in [0.1, 0.15) is 42.3 Å². The second-order valence-corrected chi connectivity index (χ2v) is 17.5. The molecule has 384 valence electrons. The lowest BCUT2D eigenvalue weighted by Gasteiger charge is -2.30. The number of aliphatic hydroxyl groups excluding tert-OH is 1. The molecule has 8 atom stereocenters. The highest BCUT2D eigenvalue weighted by Gasteiger charge is 2.40. The quantitative estimate of drug-likeness (QED) is 0.0209. The standard InChI is InChI=1S/C44H70N12O13/c1-23(2)19-30(53-37(62)27(45)20-26-11-7-6-8-12-26)38(63)49-21-33(58)51-28(13-9-17-48-44(46)47)39(64)54-31(22-57)40(65)50-25(5)36(61)52-29(15-16-34(59)60)42(67)56-18-10-14-32(56)41(66)55-35(24(3)4)43(68)69/h6-8,11-12,23-25,27-32,35,57H,9-10,13-22,45H2,1-5H3,(H,49,63)(H,50,65)(H,51,58)(H,52,61)(H,53,62)(H,54,64)(H,55,66)(H,59,60)(H,68,69)(H4,46,47,48)/t25-,27-,28-,29-,30-,31-,32-,35-/m0/s1. The fraction of sp³-hybridized carbons (Fsp3) is 0.614. The van der Waals surface area contributed by atoms with E-state index in [9.17, 15) is 63.3 Å². The number of aliphatic hydroxyl groups is 1. The summed E-state index contributed by atoms with van der Waals surface area (Å²) in [6.45, 7) is 6.50. The van der Waals surface area contributed by atoms with Gasteiger partial charge in [-0.1, -0.05) is 58.0 Å². The number of hydrogen-bond donors (Lipinski definition) is 13. The van der Waals surface area contributed by atoms with Gasteiger partial charge < -0.3 is 74.6 Å². The maximum Gasteiger partial charge on any atom is 0.326 e. The molecule has 0 bridgehead atoms.